The minimum atomic E-state index is -0.517. The van der Waals surface area contributed by atoms with E-state index in [1.54, 1.807) is 44.2 Å². The van der Waals surface area contributed by atoms with Gasteiger partial charge in [0, 0.05) is 29.1 Å². The molecule has 0 bridgehead atoms. The average molecular weight is 388 g/mol. The zero-order valence-electron chi connectivity index (χ0n) is 15.7. The van der Waals surface area contributed by atoms with E-state index in [9.17, 15) is 14.9 Å². The van der Waals surface area contributed by atoms with Crippen molar-refractivity contribution in [3.63, 3.8) is 0 Å². The van der Waals surface area contributed by atoms with Crippen LogP contribution in [0.5, 0.6) is 11.6 Å². The van der Waals surface area contributed by atoms with Gasteiger partial charge in [-0.05, 0) is 55.8 Å². The van der Waals surface area contributed by atoms with Crippen molar-refractivity contribution in [3.8, 4) is 17.7 Å². The van der Waals surface area contributed by atoms with Crippen LogP contribution in [0.3, 0.4) is 0 Å². The summed E-state index contributed by atoms with van der Waals surface area (Å²) in [5.74, 6) is 0.196. The third kappa shape index (κ3) is 4.36. The molecule has 0 saturated heterocycles. The Hall–Kier alpha value is -4.25. The predicted octanol–water partition coefficient (Wildman–Crippen LogP) is 4.52. The van der Waals surface area contributed by atoms with Gasteiger partial charge in [-0.3, -0.25) is 14.9 Å². The molecule has 0 spiro atoms. The van der Waals surface area contributed by atoms with Crippen molar-refractivity contribution in [1.82, 2.24) is 4.98 Å². The van der Waals surface area contributed by atoms with Crippen LogP contribution in [0.15, 0.2) is 54.7 Å². The van der Waals surface area contributed by atoms with Gasteiger partial charge in [0.1, 0.15) is 17.4 Å². The highest BCUT2D eigenvalue weighted by Crippen LogP contribution is 2.27. The van der Waals surface area contributed by atoms with Gasteiger partial charge in [-0.1, -0.05) is 6.07 Å². The summed E-state index contributed by atoms with van der Waals surface area (Å²) in [5, 5.41) is 22.9. The standard InChI is InChI=1S/C21H16N4O4/c1-13-5-6-15(11-19(13)25(27)28)20(26)24-18-8-7-17(10-14(18)2)29-21-16(12-22)4-3-9-23-21/h3-11H,1-2H3,(H,24,26). The average Bonchev–Trinajstić information content (AvgIpc) is 2.70. The zero-order chi connectivity index (χ0) is 21.0. The normalized spacial score (nSPS) is 10.1. The number of nitrogens with zero attached hydrogens (tertiary/aromatic N) is 3. The van der Waals surface area contributed by atoms with Gasteiger partial charge in [-0.2, -0.15) is 5.26 Å². The molecule has 144 valence electrons. The number of nitriles is 1. The summed E-state index contributed by atoms with van der Waals surface area (Å²) in [6.45, 7) is 3.39. The van der Waals surface area contributed by atoms with Gasteiger partial charge in [0.15, 0.2) is 0 Å². The fourth-order valence-electron chi connectivity index (χ4n) is 2.65. The number of carbonyl (C=O) groups is 1. The molecule has 0 saturated carbocycles. The van der Waals surface area contributed by atoms with E-state index in [0.29, 0.717) is 28.1 Å². The van der Waals surface area contributed by atoms with E-state index in [0.717, 1.165) is 0 Å². The van der Waals surface area contributed by atoms with Gasteiger partial charge in [-0.15, -0.1) is 0 Å². The number of pyridine rings is 1. The van der Waals surface area contributed by atoms with Crippen LogP contribution in [0.1, 0.15) is 27.0 Å². The van der Waals surface area contributed by atoms with E-state index in [1.807, 2.05) is 6.07 Å². The molecule has 0 atom stereocenters. The largest absolute Gasteiger partial charge is 0.438 e. The summed E-state index contributed by atoms with van der Waals surface area (Å²) in [5.41, 5.74) is 2.12. The van der Waals surface area contributed by atoms with Gasteiger partial charge in [-0.25, -0.2) is 4.98 Å². The molecule has 1 aromatic heterocycles. The monoisotopic (exact) mass is 388 g/mol. The zero-order valence-corrected chi connectivity index (χ0v) is 15.7. The number of aromatic nitrogens is 1. The Kier molecular flexibility index (Phi) is 5.51. The Balaban J connectivity index is 1.79. The van der Waals surface area contributed by atoms with Crippen LogP contribution in [0.2, 0.25) is 0 Å². The van der Waals surface area contributed by atoms with Crippen LogP contribution in [0.4, 0.5) is 11.4 Å². The number of nitro groups is 1. The highest BCUT2D eigenvalue weighted by atomic mass is 16.6. The molecule has 0 aliphatic heterocycles. The maximum Gasteiger partial charge on any atom is 0.273 e. The molecular weight excluding hydrogens is 372 g/mol. The van der Waals surface area contributed by atoms with E-state index in [2.05, 4.69) is 10.3 Å². The van der Waals surface area contributed by atoms with Crippen LogP contribution in [0.25, 0.3) is 0 Å². The number of anilines is 1. The van der Waals surface area contributed by atoms with Gasteiger partial charge in [0.2, 0.25) is 5.88 Å². The lowest BCUT2D eigenvalue weighted by Gasteiger charge is -2.11. The molecule has 8 heteroatoms. The number of carbonyl (C=O) groups excluding carboxylic acids is 1. The first-order valence-corrected chi connectivity index (χ1v) is 8.59. The number of nitro benzene ring substituents is 1. The number of ether oxygens (including phenoxy) is 1. The second-order valence-electron chi connectivity index (χ2n) is 6.26. The number of benzene rings is 2. The van der Waals surface area contributed by atoms with Gasteiger partial charge >= 0.3 is 0 Å². The second-order valence-corrected chi connectivity index (χ2v) is 6.26. The summed E-state index contributed by atoms with van der Waals surface area (Å²) < 4.78 is 5.66. The third-order valence-corrected chi connectivity index (χ3v) is 4.22. The maximum atomic E-state index is 12.5. The minimum Gasteiger partial charge on any atom is -0.438 e. The number of amides is 1. The molecule has 1 N–H and O–H groups in total. The smallest absolute Gasteiger partial charge is 0.273 e. The van der Waals surface area contributed by atoms with Crippen LogP contribution < -0.4 is 10.1 Å². The lowest BCUT2D eigenvalue weighted by molar-refractivity contribution is -0.385. The van der Waals surface area contributed by atoms with Gasteiger partial charge in [0.25, 0.3) is 11.6 Å². The predicted molar refractivity (Wildman–Crippen MR) is 106 cm³/mol. The second kappa shape index (κ2) is 8.19. The first-order valence-electron chi connectivity index (χ1n) is 8.59. The lowest BCUT2D eigenvalue weighted by Crippen LogP contribution is -2.13. The molecule has 29 heavy (non-hydrogen) atoms. The molecule has 0 aliphatic carbocycles. The van der Waals surface area contributed by atoms with Crippen molar-refractivity contribution in [2.45, 2.75) is 13.8 Å². The quantitative estimate of drug-likeness (QED) is 0.507. The first-order chi connectivity index (χ1) is 13.9. The van der Waals surface area contributed by atoms with Crippen molar-refractivity contribution in [2.24, 2.45) is 0 Å². The summed E-state index contributed by atoms with van der Waals surface area (Å²) in [6, 6.07) is 14.6. The highest BCUT2D eigenvalue weighted by molar-refractivity contribution is 6.05. The van der Waals surface area contributed by atoms with Gasteiger partial charge in [0.05, 0.1) is 4.92 Å². The maximum absolute atomic E-state index is 12.5. The Bertz CT molecular complexity index is 1150. The minimum absolute atomic E-state index is 0.109. The first kappa shape index (κ1) is 19.5. The number of hydrogen-bond donors (Lipinski definition) is 1. The fourth-order valence-corrected chi connectivity index (χ4v) is 2.65. The van der Waals surface area contributed by atoms with Crippen molar-refractivity contribution in [1.29, 1.82) is 5.26 Å². The van der Waals surface area contributed by atoms with Crippen LogP contribution in [0, 0.1) is 35.3 Å². The molecule has 2 aromatic carbocycles. The van der Waals surface area contributed by atoms with Gasteiger partial charge < -0.3 is 10.1 Å². The van der Waals surface area contributed by atoms with Crippen LogP contribution in [-0.2, 0) is 0 Å². The Morgan fingerprint density at radius 1 is 1.17 bits per heavy atom. The number of nitrogens with one attached hydrogen (secondary N) is 1. The molecule has 3 rings (SSSR count). The topological polar surface area (TPSA) is 118 Å². The molecular formula is C21H16N4O4. The van der Waals surface area contributed by atoms with E-state index >= 15 is 0 Å². The van der Waals surface area contributed by atoms with Crippen LogP contribution in [-0.4, -0.2) is 15.8 Å². The lowest BCUT2D eigenvalue weighted by atomic mass is 10.1. The Morgan fingerprint density at radius 2 is 1.97 bits per heavy atom. The summed E-state index contributed by atoms with van der Waals surface area (Å²) in [4.78, 5) is 27.1. The van der Waals surface area contributed by atoms with E-state index in [-0.39, 0.29) is 17.1 Å². The molecule has 0 aliphatic rings. The Morgan fingerprint density at radius 3 is 2.66 bits per heavy atom. The molecule has 1 heterocycles. The SMILES string of the molecule is Cc1cc(Oc2ncccc2C#N)ccc1NC(=O)c1ccc(C)c([N+](=O)[O-])c1. The highest BCUT2D eigenvalue weighted by Gasteiger charge is 2.16. The number of aryl methyl sites for hydroxylation is 2. The van der Waals surface area contributed by atoms with Crippen molar-refractivity contribution >= 4 is 17.3 Å². The summed E-state index contributed by atoms with van der Waals surface area (Å²) in [7, 11) is 0. The molecule has 1 amide bonds. The van der Waals surface area contributed by atoms with E-state index < -0.39 is 10.8 Å². The van der Waals surface area contributed by atoms with Crippen LogP contribution >= 0.6 is 0 Å². The summed E-state index contributed by atoms with van der Waals surface area (Å²) >= 11 is 0. The van der Waals surface area contributed by atoms with E-state index in [1.165, 1.54) is 24.4 Å². The van der Waals surface area contributed by atoms with E-state index in [4.69, 9.17) is 10.00 Å². The van der Waals surface area contributed by atoms with Crippen molar-refractivity contribution < 1.29 is 14.5 Å². The van der Waals surface area contributed by atoms with Crippen molar-refractivity contribution in [2.75, 3.05) is 5.32 Å². The molecule has 0 unspecified atom stereocenters. The Labute approximate surface area is 166 Å². The summed E-state index contributed by atoms with van der Waals surface area (Å²) in [6.07, 6.45) is 1.53. The third-order valence-electron chi connectivity index (χ3n) is 4.22. The van der Waals surface area contributed by atoms with Crippen molar-refractivity contribution in [3.05, 3.63) is 87.1 Å². The molecule has 0 fully saturated rings. The fraction of sp³-hybridized carbons (Fsp3) is 0.0952. The molecule has 0 radical (unpaired) electrons. The molecule has 3 aromatic rings. The number of rotatable bonds is 5. The molecule has 8 nitrogen and oxygen atoms in total. The number of hydrogen-bond acceptors (Lipinski definition) is 6.